The topological polar surface area (TPSA) is 190 Å². The molecule has 0 aliphatic carbocycles. The van der Waals surface area contributed by atoms with Crippen molar-refractivity contribution in [1.29, 1.82) is 0 Å². The minimum Gasteiger partial charge on any atom is -0.857 e. The van der Waals surface area contributed by atoms with Gasteiger partial charge in [-0.25, -0.2) is 16.8 Å². The summed E-state index contributed by atoms with van der Waals surface area (Å²) in [6.45, 7) is 0. The zero-order chi connectivity index (χ0) is 38.6. The van der Waals surface area contributed by atoms with E-state index in [1.165, 1.54) is 109 Å². The van der Waals surface area contributed by atoms with Crippen molar-refractivity contribution >= 4 is 67.1 Å². The second-order valence-corrected chi connectivity index (χ2v) is 15.5. The quantitative estimate of drug-likeness (QED) is 0.0756. The summed E-state index contributed by atoms with van der Waals surface area (Å²) in [6.07, 6.45) is 5.92. The van der Waals surface area contributed by atoms with E-state index >= 15 is 0 Å². The van der Waals surface area contributed by atoms with E-state index in [0.717, 1.165) is 0 Å². The van der Waals surface area contributed by atoms with Gasteiger partial charge in [-0.05, 0) is 108 Å². The predicted octanol–water partition coefficient (Wildman–Crippen LogP) is 5.42. The fourth-order valence-corrected chi connectivity index (χ4v) is 7.13. The van der Waals surface area contributed by atoms with Gasteiger partial charge in [-0.1, -0.05) is 59.6 Å². The van der Waals surface area contributed by atoms with Gasteiger partial charge in [-0.15, -0.1) is 0 Å². The molecule has 2 aromatic heterocycles. The van der Waals surface area contributed by atoms with Gasteiger partial charge in [0.15, 0.2) is 0 Å². The molecule has 4 aromatic carbocycles. The maximum atomic E-state index is 12.6. The second kappa shape index (κ2) is 19.7. The van der Waals surface area contributed by atoms with Crippen molar-refractivity contribution < 1.29 is 44.1 Å². The number of benzene rings is 4. The standard InChI is InChI=1S/2C19H14ClN3O3S.Cu/c2*20-15-6-10-18(11-7-15)27(25,26)17-8-4-14(5-9-17)19(24)23-22-13-16-3-1-2-12-21-16;/h2*1-13H,(H,23,24);/q;;+2/p-2/b2*22-13+;. The molecule has 0 saturated heterocycles. The van der Waals surface area contributed by atoms with Crippen molar-refractivity contribution in [3.05, 3.63) is 178 Å². The van der Waals surface area contributed by atoms with Crippen LogP contribution in [0.3, 0.4) is 0 Å². The van der Waals surface area contributed by atoms with Crippen LogP contribution in [0.4, 0.5) is 0 Å². The molecule has 0 fully saturated rings. The Morgan fingerprint density at radius 2 is 0.800 bits per heavy atom. The number of halogens is 2. The third kappa shape index (κ3) is 11.7. The van der Waals surface area contributed by atoms with Crippen LogP contribution in [0.1, 0.15) is 22.5 Å². The zero-order valence-electron chi connectivity index (χ0n) is 28.0. The van der Waals surface area contributed by atoms with Crippen LogP contribution in [-0.2, 0) is 36.7 Å². The Morgan fingerprint density at radius 1 is 0.491 bits per heavy atom. The fourth-order valence-electron chi connectivity index (χ4n) is 4.35. The number of hydrogen-bond acceptors (Lipinski definition) is 12. The largest absolute Gasteiger partial charge is 2.00 e. The first kappa shape index (κ1) is 42.2. The molecule has 0 spiro atoms. The summed E-state index contributed by atoms with van der Waals surface area (Å²) in [4.78, 5) is 8.43. The molecule has 17 heteroatoms. The second-order valence-electron chi connectivity index (χ2n) is 10.8. The van der Waals surface area contributed by atoms with Crippen molar-refractivity contribution in [1.82, 2.24) is 9.97 Å². The number of pyridine rings is 2. The van der Waals surface area contributed by atoms with E-state index in [4.69, 9.17) is 23.2 Å². The molecule has 12 nitrogen and oxygen atoms in total. The molecule has 0 aliphatic heterocycles. The number of nitrogens with zero attached hydrogens (tertiary/aromatic N) is 6. The summed E-state index contributed by atoms with van der Waals surface area (Å²) < 4.78 is 50.3. The van der Waals surface area contributed by atoms with E-state index in [-0.39, 0.29) is 47.8 Å². The molecule has 0 atom stereocenters. The molecule has 2 heterocycles. The molecular formula is C38H26Cl2CuN6O6S2. The Balaban J connectivity index is 0.000000240. The summed E-state index contributed by atoms with van der Waals surface area (Å²) in [5.41, 5.74) is 1.59. The van der Waals surface area contributed by atoms with Crippen LogP contribution in [0.2, 0.25) is 10.0 Å². The van der Waals surface area contributed by atoms with Gasteiger partial charge in [-0.3, -0.25) is 9.97 Å². The average molecular weight is 861 g/mol. The maximum Gasteiger partial charge on any atom is 2.00 e. The van der Waals surface area contributed by atoms with Crippen molar-refractivity contribution in [2.45, 2.75) is 19.6 Å². The predicted molar refractivity (Wildman–Crippen MR) is 203 cm³/mol. The first-order chi connectivity index (χ1) is 25.9. The first-order valence-electron chi connectivity index (χ1n) is 15.5. The van der Waals surface area contributed by atoms with Crippen molar-refractivity contribution in [2.75, 3.05) is 0 Å². The summed E-state index contributed by atoms with van der Waals surface area (Å²) in [5.74, 6) is -1.17. The third-order valence-corrected chi connectivity index (χ3v) is 11.2. The molecule has 0 amide bonds. The summed E-state index contributed by atoms with van der Waals surface area (Å²) in [7, 11) is -7.38. The van der Waals surface area contributed by atoms with Crippen molar-refractivity contribution in [3.8, 4) is 0 Å². The average Bonchev–Trinajstić information content (AvgIpc) is 3.19. The molecule has 0 bridgehead atoms. The van der Waals surface area contributed by atoms with Crippen LogP contribution in [0.25, 0.3) is 0 Å². The molecule has 0 saturated carbocycles. The van der Waals surface area contributed by atoms with Gasteiger partial charge in [0, 0.05) is 34.2 Å². The van der Waals surface area contributed by atoms with Crippen LogP contribution in [0.15, 0.2) is 186 Å². The molecule has 0 unspecified atom stereocenters. The minimum atomic E-state index is -3.69. The van der Waals surface area contributed by atoms with E-state index in [1.54, 1.807) is 48.8 Å². The van der Waals surface area contributed by atoms with E-state index in [1.807, 2.05) is 0 Å². The molecule has 0 aliphatic rings. The summed E-state index contributed by atoms with van der Waals surface area (Å²) in [6, 6.07) is 33.3. The van der Waals surface area contributed by atoms with Gasteiger partial charge in [0.1, 0.15) is 0 Å². The van der Waals surface area contributed by atoms with E-state index in [2.05, 4.69) is 30.4 Å². The van der Waals surface area contributed by atoms with Gasteiger partial charge in [0.2, 0.25) is 19.7 Å². The number of aromatic nitrogens is 2. The van der Waals surface area contributed by atoms with Crippen LogP contribution in [0.5, 0.6) is 0 Å². The monoisotopic (exact) mass is 859 g/mol. The minimum absolute atomic E-state index is 0. The number of rotatable bonds is 10. The summed E-state index contributed by atoms with van der Waals surface area (Å²) in [5, 5.41) is 39.5. The molecule has 281 valence electrons. The Bertz CT molecular complexity index is 2350. The molecule has 0 N–H and O–H groups in total. The van der Waals surface area contributed by atoms with Crippen LogP contribution in [0, 0.1) is 0 Å². The van der Waals surface area contributed by atoms with Gasteiger partial charge in [0.25, 0.3) is 0 Å². The number of sulfone groups is 2. The van der Waals surface area contributed by atoms with Crippen LogP contribution in [-0.4, -0.2) is 51.0 Å². The molecule has 6 aromatic rings. The van der Waals surface area contributed by atoms with Gasteiger partial charge < -0.3 is 10.2 Å². The van der Waals surface area contributed by atoms with E-state index in [9.17, 15) is 27.0 Å². The van der Waals surface area contributed by atoms with Gasteiger partial charge in [0.05, 0.1) is 43.4 Å². The van der Waals surface area contributed by atoms with Gasteiger partial charge in [-0.2, -0.15) is 20.4 Å². The van der Waals surface area contributed by atoms with Gasteiger partial charge >= 0.3 is 17.1 Å². The summed E-state index contributed by atoms with van der Waals surface area (Å²) >= 11 is 11.6. The SMILES string of the molecule is O=S(=O)(c1ccc(Cl)cc1)c1ccc(/C([O-])=N\N=C\c2ccccn2)cc1.O=S(=O)(c1ccc(Cl)cc1)c1ccc(/C([O-])=N\N=C\c2ccccn2)cc1.[Cu+2]. The Morgan fingerprint density at radius 3 is 1.09 bits per heavy atom. The van der Waals surface area contributed by atoms with Crippen LogP contribution >= 0.6 is 23.2 Å². The Labute approximate surface area is 337 Å². The molecule has 55 heavy (non-hydrogen) atoms. The number of hydrogen-bond donors (Lipinski definition) is 0. The Kier molecular flexibility index (Phi) is 15.1. The van der Waals surface area contributed by atoms with Crippen LogP contribution < -0.4 is 10.2 Å². The van der Waals surface area contributed by atoms with Crippen molar-refractivity contribution in [2.24, 2.45) is 20.4 Å². The smallest absolute Gasteiger partial charge is 0.857 e. The molecule has 1 radical (unpaired) electrons. The van der Waals surface area contributed by atoms with Crippen molar-refractivity contribution in [3.63, 3.8) is 0 Å². The van der Waals surface area contributed by atoms with E-state index < -0.39 is 31.5 Å². The molecule has 6 rings (SSSR count). The Hall–Kier alpha value is -5.54. The third-order valence-electron chi connectivity index (χ3n) is 7.12. The maximum absolute atomic E-state index is 12.6. The molecular weight excluding hydrogens is 835 g/mol. The zero-order valence-corrected chi connectivity index (χ0v) is 32.1. The first-order valence-corrected chi connectivity index (χ1v) is 19.3. The fraction of sp³-hybridized carbons (Fsp3) is 0. The van der Waals surface area contributed by atoms with E-state index in [0.29, 0.717) is 21.4 Å². The normalized spacial score (nSPS) is 12.2.